The van der Waals surface area contributed by atoms with Gasteiger partial charge in [0.05, 0.1) is 27.9 Å². The molecule has 2 fully saturated rings. The minimum atomic E-state index is -0.828. The zero-order valence-corrected chi connectivity index (χ0v) is 16.3. The lowest BCUT2D eigenvalue weighted by molar-refractivity contribution is -0.147. The second-order valence-corrected chi connectivity index (χ2v) is 7.94. The lowest BCUT2D eigenvalue weighted by atomic mass is 9.81. The number of hydrogen-bond acceptors (Lipinski definition) is 3. The molecule has 4 atom stereocenters. The number of hydrogen-bond donors (Lipinski definition) is 1. The van der Waals surface area contributed by atoms with Crippen LogP contribution in [0, 0.1) is 11.8 Å². The third-order valence-corrected chi connectivity index (χ3v) is 6.18. The molecule has 1 aromatic carbocycles. The van der Waals surface area contributed by atoms with Crippen molar-refractivity contribution in [2.75, 3.05) is 0 Å². The van der Waals surface area contributed by atoms with Gasteiger partial charge in [-0.25, -0.2) is 0 Å². The number of benzene rings is 1. The van der Waals surface area contributed by atoms with Gasteiger partial charge in [0, 0.05) is 0 Å². The summed E-state index contributed by atoms with van der Waals surface area (Å²) in [5, 5.41) is 3.71. The number of fused-ring (bicyclic) bond motifs is 1. The summed E-state index contributed by atoms with van der Waals surface area (Å²) in [6, 6.07) is 3.99. The predicted molar refractivity (Wildman–Crippen MR) is 99.8 cm³/mol. The van der Waals surface area contributed by atoms with Crippen LogP contribution in [-0.2, 0) is 14.4 Å². The molecule has 1 saturated carbocycles. The van der Waals surface area contributed by atoms with Gasteiger partial charge in [-0.3, -0.25) is 19.3 Å². The van der Waals surface area contributed by atoms with Gasteiger partial charge in [0.25, 0.3) is 0 Å². The third-order valence-electron chi connectivity index (χ3n) is 5.44. The largest absolute Gasteiger partial charge is 0.348 e. The van der Waals surface area contributed by atoms with Crippen LogP contribution in [0.15, 0.2) is 18.2 Å². The summed E-state index contributed by atoms with van der Waals surface area (Å²) >= 11 is 11.9. The molecule has 0 aromatic heterocycles. The normalized spacial score (nSPS) is 25.0. The Kier molecular flexibility index (Phi) is 5.58. The van der Waals surface area contributed by atoms with Crippen molar-refractivity contribution < 1.29 is 14.4 Å². The highest BCUT2D eigenvalue weighted by Crippen LogP contribution is 2.39. The molecule has 1 saturated heterocycles. The minimum absolute atomic E-state index is 0.204. The van der Waals surface area contributed by atoms with E-state index in [2.05, 4.69) is 5.32 Å². The first-order chi connectivity index (χ1) is 12.3. The van der Waals surface area contributed by atoms with E-state index in [0.29, 0.717) is 10.0 Å². The summed E-state index contributed by atoms with van der Waals surface area (Å²) in [6.45, 7) is 3.42. The predicted octanol–water partition coefficient (Wildman–Crippen LogP) is 3.73. The highest BCUT2D eigenvalue weighted by molar-refractivity contribution is 6.42. The molecule has 140 valence electrons. The molecule has 5 nitrogen and oxygen atoms in total. The Labute approximate surface area is 163 Å². The summed E-state index contributed by atoms with van der Waals surface area (Å²) in [5.41, 5.74) is 0.799. The van der Waals surface area contributed by atoms with Crippen LogP contribution in [0.5, 0.6) is 0 Å². The maximum absolute atomic E-state index is 12.6. The van der Waals surface area contributed by atoms with Crippen molar-refractivity contribution >= 4 is 40.9 Å². The van der Waals surface area contributed by atoms with Crippen molar-refractivity contribution in [3.05, 3.63) is 33.8 Å². The molecule has 3 rings (SSSR count). The minimum Gasteiger partial charge on any atom is -0.348 e. The van der Waals surface area contributed by atoms with E-state index in [1.54, 1.807) is 25.1 Å². The fourth-order valence-corrected chi connectivity index (χ4v) is 4.19. The highest BCUT2D eigenvalue weighted by atomic mass is 35.5. The van der Waals surface area contributed by atoms with Crippen LogP contribution in [0.4, 0.5) is 0 Å². The summed E-state index contributed by atoms with van der Waals surface area (Å²) < 4.78 is 0. The average molecular weight is 397 g/mol. The molecular formula is C19H22Cl2N2O3. The van der Waals surface area contributed by atoms with Crippen molar-refractivity contribution in [1.82, 2.24) is 10.2 Å². The first-order valence-electron chi connectivity index (χ1n) is 8.93. The Morgan fingerprint density at radius 1 is 1.08 bits per heavy atom. The lowest BCUT2D eigenvalue weighted by Gasteiger charge is -2.24. The summed E-state index contributed by atoms with van der Waals surface area (Å²) in [5.74, 6) is -1.27. The van der Waals surface area contributed by atoms with Crippen LogP contribution in [-0.4, -0.2) is 28.7 Å². The Morgan fingerprint density at radius 3 is 2.19 bits per heavy atom. The highest BCUT2D eigenvalue weighted by Gasteiger charge is 2.50. The number of halogens is 2. The smallest absolute Gasteiger partial charge is 0.243 e. The van der Waals surface area contributed by atoms with Crippen molar-refractivity contribution in [3.63, 3.8) is 0 Å². The Morgan fingerprint density at radius 2 is 1.65 bits per heavy atom. The van der Waals surface area contributed by atoms with E-state index in [1.165, 1.54) is 0 Å². The van der Waals surface area contributed by atoms with Crippen LogP contribution < -0.4 is 5.32 Å². The number of nitrogens with one attached hydrogen (secondary N) is 1. The number of carbonyl (C=O) groups is 3. The van der Waals surface area contributed by atoms with Crippen LogP contribution in [0.3, 0.4) is 0 Å². The number of likely N-dealkylation sites (tertiary alicyclic amines) is 1. The van der Waals surface area contributed by atoms with Gasteiger partial charge >= 0.3 is 0 Å². The van der Waals surface area contributed by atoms with E-state index in [1.807, 2.05) is 6.92 Å². The molecule has 0 radical (unpaired) electrons. The summed E-state index contributed by atoms with van der Waals surface area (Å²) in [4.78, 5) is 39.1. The van der Waals surface area contributed by atoms with Crippen molar-refractivity contribution in [1.29, 1.82) is 0 Å². The molecule has 1 N–H and O–H groups in total. The van der Waals surface area contributed by atoms with Crippen molar-refractivity contribution in [2.45, 2.75) is 51.6 Å². The molecule has 26 heavy (non-hydrogen) atoms. The molecule has 7 heteroatoms. The number of imide groups is 1. The molecule has 0 bridgehead atoms. The second kappa shape index (κ2) is 7.57. The van der Waals surface area contributed by atoms with Crippen molar-refractivity contribution in [3.8, 4) is 0 Å². The fourth-order valence-electron chi connectivity index (χ4n) is 3.89. The van der Waals surface area contributed by atoms with Gasteiger partial charge in [-0.15, -0.1) is 0 Å². The van der Waals surface area contributed by atoms with Crippen LogP contribution in [0.25, 0.3) is 0 Å². The van der Waals surface area contributed by atoms with Gasteiger partial charge in [-0.05, 0) is 44.4 Å². The van der Waals surface area contributed by atoms with Gasteiger partial charge in [-0.1, -0.05) is 42.1 Å². The van der Waals surface area contributed by atoms with Gasteiger partial charge < -0.3 is 5.32 Å². The SMILES string of the molecule is CC(NC(=O)[C@H](C)N1C(=O)C2CCCCC2C1=O)c1ccc(Cl)c(Cl)c1. The standard InChI is InChI=1S/C19H22Cl2N2O3/c1-10(12-7-8-15(20)16(21)9-12)22-17(24)11(2)23-18(25)13-5-3-4-6-14(13)19(23)26/h7-11,13-14H,3-6H2,1-2H3,(H,22,24)/t10?,11-,13?,14?/m0/s1. The topological polar surface area (TPSA) is 66.5 Å². The zero-order valence-electron chi connectivity index (χ0n) is 14.8. The summed E-state index contributed by atoms with van der Waals surface area (Å²) in [7, 11) is 0. The zero-order chi connectivity index (χ0) is 19.0. The number of rotatable bonds is 4. The van der Waals surface area contributed by atoms with Crippen molar-refractivity contribution in [2.24, 2.45) is 11.8 Å². The molecule has 1 heterocycles. The molecular weight excluding hydrogens is 375 g/mol. The van der Waals surface area contributed by atoms with E-state index in [4.69, 9.17) is 23.2 Å². The second-order valence-electron chi connectivity index (χ2n) is 7.12. The first-order valence-corrected chi connectivity index (χ1v) is 9.69. The fraction of sp³-hybridized carbons (Fsp3) is 0.526. The van der Waals surface area contributed by atoms with Crippen LogP contribution >= 0.6 is 23.2 Å². The van der Waals surface area contributed by atoms with Gasteiger partial charge in [0.1, 0.15) is 6.04 Å². The van der Waals surface area contributed by atoms with Gasteiger partial charge in [-0.2, -0.15) is 0 Å². The van der Waals surface area contributed by atoms with Crippen LogP contribution in [0.1, 0.15) is 51.1 Å². The third kappa shape index (κ3) is 3.47. The van der Waals surface area contributed by atoms with E-state index in [9.17, 15) is 14.4 Å². The molecule has 0 spiro atoms. The van der Waals surface area contributed by atoms with Gasteiger partial charge in [0.15, 0.2) is 0 Å². The molecule has 3 amide bonds. The van der Waals surface area contributed by atoms with E-state index in [-0.39, 0.29) is 35.6 Å². The molecule has 1 aliphatic carbocycles. The number of amides is 3. The molecule has 2 aliphatic rings. The molecule has 1 aliphatic heterocycles. The quantitative estimate of drug-likeness (QED) is 0.788. The van der Waals surface area contributed by atoms with E-state index < -0.39 is 6.04 Å². The Balaban J connectivity index is 1.70. The maximum atomic E-state index is 12.6. The molecule has 1 aromatic rings. The number of nitrogens with zero attached hydrogens (tertiary/aromatic N) is 1. The van der Waals surface area contributed by atoms with E-state index in [0.717, 1.165) is 36.1 Å². The van der Waals surface area contributed by atoms with E-state index >= 15 is 0 Å². The maximum Gasteiger partial charge on any atom is 0.243 e. The first kappa shape index (κ1) is 19.2. The monoisotopic (exact) mass is 396 g/mol. The Bertz CT molecular complexity index is 728. The van der Waals surface area contributed by atoms with Gasteiger partial charge in [0.2, 0.25) is 17.7 Å². The lowest BCUT2D eigenvalue weighted by Crippen LogP contribution is -2.48. The molecule has 3 unspecified atom stereocenters. The van der Waals surface area contributed by atoms with Crippen LogP contribution in [0.2, 0.25) is 10.0 Å². The Hall–Kier alpha value is -1.59. The average Bonchev–Trinajstić information content (AvgIpc) is 2.88. The summed E-state index contributed by atoms with van der Waals surface area (Å²) in [6.07, 6.45) is 3.39. The number of carbonyl (C=O) groups excluding carboxylic acids is 3.